The number of benzene rings is 1. The zero-order valence-electron chi connectivity index (χ0n) is 10.7. The largest absolute Gasteiger partial charge is 0.305 e. The van der Waals surface area contributed by atoms with Crippen molar-refractivity contribution in [2.24, 2.45) is 0 Å². The van der Waals surface area contributed by atoms with Crippen LogP contribution in [0.4, 0.5) is 5.69 Å². The molecule has 4 heteroatoms. The van der Waals surface area contributed by atoms with Crippen LogP contribution >= 0.6 is 0 Å². The van der Waals surface area contributed by atoms with Crippen molar-refractivity contribution in [3.05, 3.63) is 64.1 Å². The van der Waals surface area contributed by atoms with Gasteiger partial charge in [-0.1, -0.05) is 24.3 Å². The Bertz CT molecular complexity index is 703. The normalized spacial score (nSPS) is 14.4. The fourth-order valence-corrected chi connectivity index (χ4v) is 2.47. The van der Waals surface area contributed by atoms with Crippen LogP contribution < -0.4 is 10.5 Å². The molecule has 0 unspecified atom stereocenters. The van der Waals surface area contributed by atoms with E-state index >= 15 is 0 Å². The Morgan fingerprint density at radius 2 is 1.74 bits per heavy atom. The number of aromatic nitrogens is 1. The molecule has 1 amide bonds. The van der Waals surface area contributed by atoms with Gasteiger partial charge in [0.2, 0.25) is 0 Å². The summed E-state index contributed by atoms with van der Waals surface area (Å²) in [4.78, 5) is 25.9. The standard InChI is InChI=1S/C15H14N2O2/c1-11-5-2-3-6-12(11)17-10-9-16-13(15(17)19)7-4-8-14(16)18/h2-8H,9-10H2,1H3. The number of carbonyl (C=O) groups excluding carboxylic acids is 1. The number of carbonyl (C=O) groups is 1. The van der Waals surface area contributed by atoms with E-state index in [1.807, 2.05) is 31.2 Å². The van der Waals surface area contributed by atoms with Gasteiger partial charge in [0.1, 0.15) is 5.69 Å². The van der Waals surface area contributed by atoms with E-state index in [1.165, 1.54) is 10.6 Å². The van der Waals surface area contributed by atoms with Crippen LogP contribution in [0, 0.1) is 6.92 Å². The van der Waals surface area contributed by atoms with Crippen LogP contribution in [-0.4, -0.2) is 17.0 Å². The van der Waals surface area contributed by atoms with Crippen LogP contribution in [0.5, 0.6) is 0 Å². The number of aryl methyl sites for hydroxylation is 1. The number of hydrogen-bond acceptors (Lipinski definition) is 2. The van der Waals surface area contributed by atoms with Crippen molar-refractivity contribution in [3.63, 3.8) is 0 Å². The van der Waals surface area contributed by atoms with Crippen LogP contribution in [0.1, 0.15) is 16.1 Å². The van der Waals surface area contributed by atoms with Crippen LogP contribution in [0.3, 0.4) is 0 Å². The molecule has 0 saturated heterocycles. The number of pyridine rings is 1. The van der Waals surface area contributed by atoms with Crippen molar-refractivity contribution in [2.75, 3.05) is 11.4 Å². The number of hydrogen-bond donors (Lipinski definition) is 0. The maximum Gasteiger partial charge on any atom is 0.275 e. The lowest BCUT2D eigenvalue weighted by Gasteiger charge is -2.30. The minimum absolute atomic E-state index is 0.113. The van der Waals surface area contributed by atoms with E-state index in [2.05, 4.69) is 0 Å². The molecule has 0 saturated carbocycles. The zero-order chi connectivity index (χ0) is 13.4. The smallest absolute Gasteiger partial charge is 0.275 e. The fourth-order valence-electron chi connectivity index (χ4n) is 2.47. The molecule has 3 rings (SSSR count). The molecule has 0 bridgehead atoms. The highest BCUT2D eigenvalue weighted by molar-refractivity contribution is 6.06. The lowest BCUT2D eigenvalue weighted by Crippen LogP contribution is -2.44. The first kappa shape index (κ1) is 11.7. The third kappa shape index (κ3) is 1.85. The predicted octanol–water partition coefficient (Wildman–Crippen LogP) is 1.82. The first-order valence-electron chi connectivity index (χ1n) is 6.26. The van der Waals surface area contributed by atoms with Gasteiger partial charge in [0, 0.05) is 24.8 Å². The van der Waals surface area contributed by atoms with Gasteiger partial charge in [0.25, 0.3) is 11.5 Å². The third-order valence-corrected chi connectivity index (χ3v) is 3.47. The van der Waals surface area contributed by atoms with Crippen molar-refractivity contribution in [3.8, 4) is 0 Å². The van der Waals surface area contributed by atoms with Gasteiger partial charge in [-0.25, -0.2) is 0 Å². The molecule has 0 radical (unpaired) electrons. The number of nitrogens with zero attached hydrogens (tertiary/aromatic N) is 2. The van der Waals surface area contributed by atoms with E-state index in [0.29, 0.717) is 18.8 Å². The molecule has 1 aliphatic rings. The lowest BCUT2D eigenvalue weighted by molar-refractivity contribution is 0.0963. The Balaban J connectivity index is 2.08. The summed E-state index contributed by atoms with van der Waals surface area (Å²) in [6.07, 6.45) is 0. The second kappa shape index (κ2) is 4.39. The molecule has 1 aromatic heterocycles. The number of anilines is 1. The highest BCUT2D eigenvalue weighted by Crippen LogP contribution is 2.23. The van der Waals surface area contributed by atoms with Crippen LogP contribution in [-0.2, 0) is 6.54 Å². The minimum atomic E-state index is -0.115. The molecule has 1 aliphatic heterocycles. The maximum atomic E-state index is 12.5. The molecule has 96 valence electrons. The summed E-state index contributed by atoms with van der Waals surface area (Å²) in [7, 11) is 0. The van der Waals surface area contributed by atoms with Gasteiger partial charge in [0.05, 0.1) is 0 Å². The topological polar surface area (TPSA) is 42.3 Å². The molecule has 2 heterocycles. The minimum Gasteiger partial charge on any atom is -0.305 e. The van der Waals surface area contributed by atoms with E-state index in [9.17, 15) is 9.59 Å². The second-order valence-electron chi connectivity index (χ2n) is 4.64. The molecule has 0 N–H and O–H groups in total. The Morgan fingerprint density at radius 1 is 0.947 bits per heavy atom. The van der Waals surface area contributed by atoms with Crippen molar-refractivity contribution in [2.45, 2.75) is 13.5 Å². The summed E-state index contributed by atoms with van der Waals surface area (Å²) in [6.45, 7) is 3.05. The van der Waals surface area contributed by atoms with Crippen molar-refractivity contribution >= 4 is 11.6 Å². The quantitative estimate of drug-likeness (QED) is 0.779. The summed E-state index contributed by atoms with van der Waals surface area (Å²) in [6, 6.07) is 12.6. The van der Waals surface area contributed by atoms with E-state index in [0.717, 1.165) is 11.3 Å². The van der Waals surface area contributed by atoms with Gasteiger partial charge in [-0.15, -0.1) is 0 Å². The molecule has 0 atom stereocenters. The Kier molecular flexibility index (Phi) is 2.71. The van der Waals surface area contributed by atoms with E-state index in [1.54, 1.807) is 17.0 Å². The van der Waals surface area contributed by atoms with E-state index < -0.39 is 0 Å². The average Bonchev–Trinajstić information content (AvgIpc) is 2.41. The summed E-state index contributed by atoms with van der Waals surface area (Å²) < 4.78 is 1.54. The van der Waals surface area contributed by atoms with Crippen LogP contribution in [0.25, 0.3) is 0 Å². The summed E-state index contributed by atoms with van der Waals surface area (Å²) >= 11 is 0. The first-order valence-corrected chi connectivity index (χ1v) is 6.26. The Hall–Kier alpha value is -2.36. The van der Waals surface area contributed by atoms with Crippen molar-refractivity contribution < 1.29 is 4.79 Å². The number of amides is 1. The summed E-state index contributed by atoms with van der Waals surface area (Å²) in [5, 5.41) is 0. The van der Waals surface area contributed by atoms with Gasteiger partial charge < -0.3 is 9.47 Å². The fraction of sp³-hybridized carbons (Fsp3) is 0.200. The maximum absolute atomic E-state index is 12.5. The molecule has 0 fully saturated rings. The van der Waals surface area contributed by atoms with Crippen LogP contribution in [0.2, 0.25) is 0 Å². The average molecular weight is 254 g/mol. The first-order chi connectivity index (χ1) is 9.18. The zero-order valence-corrected chi connectivity index (χ0v) is 10.7. The van der Waals surface area contributed by atoms with Gasteiger partial charge >= 0.3 is 0 Å². The molecule has 1 aromatic carbocycles. The number of rotatable bonds is 1. The van der Waals surface area contributed by atoms with Crippen molar-refractivity contribution in [1.29, 1.82) is 0 Å². The molecule has 19 heavy (non-hydrogen) atoms. The van der Waals surface area contributed by atoms with Crippen molar-refractivity contribution in [1.82, 2.24) is 4.57 Å². The van der Waals surface area contributed by atoms with Gasteiger partial charge in [0.15, 0.2) is 0 Å². The molecule has 4 nitrogen and oxygen atoms in total. The number of para-hydroxylation sites is 1. The van der Waals surface area contributed by atoms with Gasteiger partial charge in [-0.3, -0.25) is 9.59 Å². The monoisotopic (exact) mass is 254 g/mol. The third-order valence-electron chi connectivity index (χ3n) is 3.47. The highest BCUT2D eigenvalue weighted by Gasteiger charge is 2.26. The second-order valence-corrected chi connectivity index (χ2v) is 4.64. The van der Waals surface area contributed by atoms with E-state index in [-0.39, 0.29) is 11.5 Å². The Morgan fingerprint density at radius 3 is 2.53 bits per heavy atom. The molecule has 0 aliphatic carbocycles. The Labute approximate surface area is 110 Å². The van der Waals surface area contributed by atoms with E-state index in [4.69, 9.17) is 0 Å². The predicted molar refractivity (Wildman–Crippen MR) is 73.6 cm³/mol. The van der Waals surface area contributed by atoms with Gasteiger partial charge in [-0.05, 0) is 24.6 Å². The summed E-state index contributed by atoms with van der Waals surface area (Å²) in [5.41, 5.74) is 2.31. The number of fused-ring (bicyclic) bond motifs is 1. The summed E-state index contributed by atoms with van der Waals surface area (Å²) in [5.74, 6) is -0.113. The van der Waals surface area contributed by atoms with Crippen LogP contribution in [0.15, 0.2) is 47.3 Å². The molecular weight excluding hydrogens is 240 g/mol. The molecular formula is C15H14N2O2. The molecule has 2 aromatic rings. The molecule has 0 spiro atoms. The highest BCUT2D eigenvalue weighted by atomic mass is 16.2. The van der Waals surface area contributed by atoms with Gasteiger partial charge in [-0.2, -0.15) is 0 Å². The lowest BCUT2D eigenvalue weighted by atomic mass is 10.1. The SMILES string of the molecule is Cc1ccccc1N1CCn2c(cccc2=O)C1=O.